The van der Waals surface area contributed by atoms with Crippen molar-refractivity contribution in [3.8, 4) is 0 Å². The van der Waals surface area contributed by atoms with E-state index in [1.165, 1.54) is 18.2 Å². The molecule has 1 heterocycles. The molecule has 2 rings (SSSR count). The average molecular weight is 287 g/mol. The number of benzene rings is 1. The summed E-state index contributed by atoms with van der Waals surface area (Å²) in [5.41, 5.74) is -0.158. The van der Waals surface area contributed by atoms with Crippen LogP contribution in [0.5, 0.6) is 0 Å². The van der Waals surface area contributed by atoms with Crippen LogP contribution in [0.1, 0.15) is 12.2 Å². The van der Waals surface area contributed by atoms with Gasteiger partial charge < -0.3 is 5.84 Å². The molecular weight excluding hydrogens is 280 g/mol. The summed E-state index contributed by atoms with van der Waals surface area (Å²) in [4.78, 5) is 10.5. The minimum absolute atomic E-state index is 0.0513. The number of nitro benzene ring substituents is 1. The summed E-state index contributed by atoms with van der Waals surface area (Å²) in [7, 11) is 0. The fourth-order valence-electron chi connectivity index (χ4n) is 1.30. The Morgan fingerprint density at radius 3 is 2.63 bits per heavy atom. The van der Waals surface area contributed by atoms with Crippen molar-refractivity contribution in [2.24, 2.45) is 0 Å². The van der Waals surface area contributed by atoms with Gasteiger partial charge in [-0.15, -0.1) is 10.2 Å². The molecule has 0 fully saturated rings. The Bertz CT molecular complexity index is 618. The summed E-state index contributed by atoms with van der Waals surface area (Å²) in [5.74, 6) is 4.71. The Hall–Kier alpha value is -2.23. The third-order valence-electron chi connectivity index (χ3n) is 2.15. The molecule has 7 nitrogen and oxygen atoms in total. The van der Waals surface area contributed by atoms with Gasteiger partial charge in [0.1, 0.15) is 0 Å². The number of hydrogen-bond acceptors (Lipinski definition) is 6. The molecule has 2 aromatic rings. The van der Waals surface area contributed by atoms with Crippen molar-refractivity contribution < 1.29 is 13.7 Å². The molecule has 0 aliphatic heterocycles. The van der Waals surface area contributed by atoms with Gasteiger partial charge in [-0.3, -0.25) is 10.1 Å². The number of rotatable bonds is 4. The van der Waals surface area contributed by atoms with E-state index in [9.17, 15) is 18.9 Å². The van der Waals surface area contributed by atoms with Crippen molar-refractivity contribution in [2.75, 3.05) is 5.84 Å². The van der Waals surface area contributed by atoms with Crippen molar-refractivity contribution >= 4 is 17.4 Å². The van der Waals surface area contributed by atoms with Gasteiger partial charge in [0.05, 0.1) is 9.82 Å². The van der Waals surface area contributed by atoms with E-state index in [2.05, 4.69) is 10.2 Å². The van der Waals surface area contributed by atoms with Crippen molar-refractivity contribution in [2.45, 2.75) is 16.5 Å². The maximum Gasteiger partial charge on any atom is 0.299 e. The van der Waals surface area contributed by atoms with Crippen LogP contribution in [0.3, 0.4) is 0 Å². The fraction of sp³-hybridized carbons (Fsp3) is 0.111. The number of para-hydroxylation sites is 1. The summed E-state index contributed by atoms with van der Waals surface area (Å²) in [6.45, 7) is 0. The van der Waals surface area contributed by atoms with Crippen LogP contribution in [-0.4, -0.2) is 19.8 Å². The molecule has 0 amide bonds. The number of hydrogen-bond donors (Lipinski definition) is 1. The Labute approximate surface area is 109 Å². The molecule has 100 valence electrons. The summed E-state index contributed by atoms with van der Waals surface area (Å²) in [6.07, 6.45) is -2.86. The van der Waals surface area contributed by atoms with Crippen LogP contribution in [0.2, 0.25) is 0 Å². The standard InChI is InChI=1S/C9H7F2N5O2S/c10-7(11)8-13-14-9(15(8)12)19-6-4-2-1-3-5(6)16(17)18/h1-4,7H,12H2. The molecule has 0 atom stereocenters. The molecule has 2 N–H and O–H groups in total. The van der Waals surface area contributed by atoms with Crippen LogP contribution in [0.15, 0.2) is 34.3 Å². The van der Waals surface area contributed by atoms with Crippen LogP contribution in [0, 0.1) is 10.1 Å². The van der Waals surface area contributed by atoms with E-state index in [0.29, 0.717) is 4.68 Å². The van der Waals surface area contributed by atoms with Crippen molar-refractivity contribution in [3.05, 3.63) is 40.2 Å². The third-order valence-corrected chi connectivity index (χ3v) is 3.18. The van der Waals surface area contributed by atoms with E-state index in [-0.39, 0.29) is 15.7 Å². The lowest BCUT2D eigenvalue weighted by molar-refractivity contribution is -0.387. The second kappa shape index (κ2) is 5.18. The predicted octanol–water partition coefficient (Wildman–Crippen LogP) is 1.99. The van der Waals surface area contributed by atoms with Crippen molar-refractivity contribution in [3.63, 3.8) is 0 Å². The molecule has 19 heavy (non-hydrogen) atoms. The molecule has 0 spiro atoms. The van der Waals surface area contributed by atoms with Gasteiger partial charge in [0.25, 0.3) is 12.1 Å². The minimum Gasteiger partial charge on any atom is -0.335 e. The van der Waals surface area contributed by atoms with E-state index in [4.69, 9.17) is 5.84 Å². The molecule has 0 bridgehead atoms. The summed E-state index contributed by atoms with van der Waals surface area (Å²) in [5, 5.41) is 17.5. The number of nitrogen functional groups attached to an aromatic ring is 1. The first-order valence-corrected chi connectivity index (χ1v) is 5.72. The Morgan fingerprint density at radius 1 is 1.37 bits per heavy atom. The van der Waals surface area contributed by atoms with Crippen LogP contribution in [-0.2, 0) is 0 Å². The Kier molecular flexibility index (Phi) is 3.60. The number of nitrogens with two attached hydrogens (primary N) is 1. The zero-order valence-electron chi connectivity index (χ0n) is 9.23. The molecule has 10 heteroatoms. The van der Waals surface area contributed by atoms with Crippen molar-refractivity contribution in [1.29, 1.82) is 0 Å². The quantitative estimate of drug-likeness (QED) is 0.524. The smallest absolute Gasteiger partial charge is 0.299 e. The maximum absolute atomic E-state index is 12.5. The van der Waals surface area contributed by atoms with Gasteiger partial charge in [-0.05, 0) is 17.8 Å². The number of nitro groups is 1. The van der Waals surface area contributed by atoms with Gasteiger partial charge in [-0.1, -0.05) is 12.1 Å². The van der Waals surface area contributed by atoms with Crippen LogP contribution < -0.4 is 5.84 Å². The predicted molar refractivity (Wildman–Crippen MR) is 62.3 cm³/mol. The second-order valence-corrected chi connectivity index (χ2v) is 4.35. The summed E-state index contributed by atoms with van der Waals surface area (Å²) < 4.78 is 25.6. The first-order valence-electron chi connectivity index (χ1n) is 4.90. The zero-order chi connectivity index (χ0) is 14.0. The van der Waals surface area contributed by atoms with E-state index >= 15 is 0 Å². The molecule has 0 saturated heterocycles. The molecule has 1 aromatic carbocycles. The number of halogens is 2. The van der Waals surface area contributed by atoms with Gasteiger partial charge in [0, 0.05) is 6.07 Å². The van der Waals surface area contributed by atoms with Gasteiger partial charge >= 0.3 is 0 Å². The molecule has 0 saturated carbocycles. The normalized spacial score (nSPS) is 10.9. The maximum atomic E-state index is 12.5. The Morgan fingerprint density at radius 2 is 2.05 bits per heavy atom. The lowest BCUT2D eigenvalue weighted by Gasteiger charge is -2.03. The van der Waals surface area contributed by atoms with Gasteiger partial charge in [0.2, 0.25) is 11.0 Å². The topological polar surface area (TPSA) is 99.9 Å². The molecule has 1 aromatic heterocycles. The first kappa shape index (κ1) is 13.2. The fourth-order valence-corrected chi connectivity index (χ4v) is 2.16. The average Bonchev–Trinajstić information content (AvgIpc) is 2.71. The lowest BCUT2D eigenvalue weighted by atomic mass is 10.3. The van der Waals surface area contributed by atoms with E-state index in [0.717, 1.165) is 11.8 Å². The van der Waals surface area contributed by atoms with Gasteiger partial charge in [0.15, 0.2) is 0 Å². The number of aromatic nitrogens is 3. The highest BCUT2D eigenvalue weighted by Gasteiger charge is 2.21. The molecule has 0 aliphatic rings. The molecule has 0 aliphatic carbocycles. The largest absolute Gasteiger partial charge is 0.335 e. The van der Waals surface area contributed by atoms with Gasteiger partial charge in [-0.25, -0.2) is 13.5 Å². The highest BCUT2D eigenvalue weighted by Crippen LogP contribution is 2.33. The highest BCUT2D eigenvalue weighted by molar-refractivity contribution is 7.99. The second-order valence-electron chi connectivity index (χ2n) is 3.34. The summed E-state index contributed by atoms with van der Waals surface area (Å²) in [6, 6.07) is 5.85. The molecular formula is C9H7F2N5O2S. The Balaban J connectivity index is 2.34. The van der Waals surface area contributed by atoms with E-state index in [1.54, 1.807) is 6.07 Å². The minimum atomic E-state index is -2.86. The molecule has 0 unspecified atom stereocenters. The number of nitrogens with zero attached hydrogens (tertiary/aromatic N) is 4. The van der Waals surface area contributed by atoms with Crippen LogP contribution in [0.4, 0.5) is 14.5 Å². The van der Waals surface area contributed by atoms with E-state index < -0.39 is 17.2 Å². The van der Waals surface area contributed by atoms with Crippen LogP contribution in [0.25, 0.3) is 0 Å². The lowest BCUT2D eigenvalue weighted by Crippen LogP contribution is -2.14. The van der Waals surface area contributed by atoms with Crippen molar-refractivity contribution in [1.82, 2.24) is 14.9 Å². The van der Waals surface area contributed by atoms with E-state index in [1.807, 2.05) is 0 Å². The number of alkyl halides is 2. The summed E-state index contributed by atoms with van der Waals surface area (Å²) >= 11 is 0.797. The molecule has 0 radical (unpaired) electrons. The zero-order valence-corrected chi connectivity index (χ0v) is 10.1. The van der Waals surface area contributed by atoms with Gasteiger partial charge in [-0.2, -0.15) is 0 Å². The first-order chi connectivity index (χ1) is 9.00. The van der Waals surface area contributed by atoms with Crippen LogP contribution >= 0.6 is 11.8 Å². The SMILES string of the molecule is Nn1c(Sc2ccccc2[N+](=O)[O-])nnc1C(F)F. The third kappa shape index (κ3) is 2.62. The monoisotopic (exact) mass is 287 g/mol. The highest BCUT2D eigenvalue weighted by atomic mass is 32.2.